The van der Waals surface area contributed by atoms with Crippen molar-refractivity contribution >= 4 is 40.4 Å². The van der Waals surface area contributed by atoms with Gasteiger partial charge in [0.2, 0.25) is 0 Å². The predicted octanol–water partition coefficient (Wildman–Crippen LogP) is 3.64. The molecule has 2 aromatic carbocycles. The number of fused-ring (bicyclic) bond motifs is 1. The maximum Gasteiger partial charge on any atom is 0.313 e. The number of thiophene rings is 1. The van der Waals surface area contributed by atoms with Gasteiger partial charge in [-0.1, -0.05) is 36.4 Å². The molecule has 0 spiro atoms. The van der Waals surface area contributed by atoms with Gasteiger partial charge in [-0.05, 0) is 60.0 Å². The smallest absolute Gasteiger partial charge is 0.313 e. The highest BCUT2D eigenvalue weighted by atomic mass is 32.1. The zero-order chi connectivity index (χ0) is 21.6. The highest BCUT2D eigenvalue weighted by molar-refractivity contribution is 7.12. The number of carbonyl (C=O) groups is 3. The van der Waals surface area contributed by atoms with Crippen LogP contribution in [0.5, 0.6) is 0 Å². The Morgan fingerprint density at radius 2 is 1.81 bits per heavy atom. The number of nitrogens with one attached hydrogen (secondary N) is 2. The SMILES string of the molecule is O=C(NCCc1ccccc1)C(=O)Nc1ccc2c(c1)CCCN2C(=O)c1cccs1. The summed E-state index contributed by atoms with van der Waals surface area (Å²) in [6.45, 7) is 1.06. The first-order chi connectivity index (χ1) is 15.1. The Kier molecular flexibility index (Phi) is 6.43. The van der Waals surface area contributed by atoms with E-state index >= 15 is 0 Å². The molecule has 3 amide bonds. The zero-order valence-corrected chi connectivity index (χ0v) is 17.8. The van der Waals surface area contributed by atoms with E-state index in [1.54, 1.807) is 11.0 Å². The zero-order valence-electron chi connectivity index (χ0n) is 17.0. The maximum absolute atomic E-state index is 12.8. The van der Waals surface area contributed by atoms with Gasteiger partial charge >= 0.3 is 11.8 Å². The fraction of sp³-hybridized carbons (Fsp3) is 0.208. The van der Waals surface area contributed by atoms with E-state index in [0.717, 1.165) is 29.7 Å². The van der Waals surface area contributed by atoms with Crippen molar-refractivity contribution in [2.24, 2.45) is 0 Å². The second-order valence-corrected chi connectivity index (χ2v) is 8.27. The Balaban J connectivity index is 1.36. The normalized spacial score (nSPS) is 12.7. The number of rotatable bonds is 5. The van der Waals surface area contributed by atoms with Crippen LogP contribution >= 0.6 is 11.3 Å². The molecule has 4 rings (SSSR count). The lowest BCUT2D eigenvalue weighted by atomic mass is 10.0. The summed E-state index contributed by atoms with van der Waals surface area (Å²) in [6, 6.07) is 18.9. The maximum atomic E-state index is 12.8. The Labute approximate surface area is 184 Å². The van der Waals surface area contributed by atoms with Crippen molar-refractivity contribution in [1.82, 2.24) is 5.32 Å². The van der Waals surface area contributed by atoms with E-state index in [4.69, 9.17) is 0 Å². The quantitative estimate of drug-likeness (QED) is 0.603. The Bertz CT molecular complexity index is 1080. The summed E-state index contributed by atoms with van der Waals surface area (Å²) in [5, 5.41) is 7.20. The van der Waals surface area contributed by atoms with E-state index in [0.29, 0.717) is 30.1 Å². The molecule has 6 nitrogen and oxygen atoms in total. The van der Waals surface area contributed by atoms with Crippen molar-refractivity contribution < 1.29 is 14.4 Å². The summed E-state index contributed by atoms with van der Waals surface area (Å²) in [4.78, 5) is 39.7. The number of amides is 3. The first-order valence-electron chi connectivity index (χ1n) is 10.2. The molecule has 0 unspecified atom stereocenters. The molecule has 0 atom stereocenters. The summed E-state index contributed by atoms with van der Waals surface area (Å²) in [5.41, 5.74) is 3.49. The molecule has 1 aliphatic rings. The van der Waals surface area contributed by atoms with Gasteiger partial charge in [-0.15, -0.1) is 11.3 Å². The van der Waals surface area contributed by atoms with Crippen molar-refractivity contribution in [3.05, 3.63) is 82.0 Å². The minimum Gasteiger partial charge on any atom is -0.347 e. The largest absolute Gasteiger partial charge is 0.347 e. The topological polar surface area (TPSA) is 78.5 Å². The molecule has 1 aliphatic heterocycles. The van der Waals surface area contributed by atoms with Crippen LogP contribution in [-0.2, 0) is 22.4 Å². The van der Waals surface area contributed by atoms with Gasteiger partial charge in [-0.25, -0.2) is 0 Å². The number of nitrogens with zero attached hydrogens (tertiary/aromatic N) is 1. The van der Waals surface area contributed by atoms with Gasteiger partial charge in [0.1, 0.15) is 0 Å². The van der Waals surface area contributed by atoms with E-state index in [-0.39, 0.29) is 5.91 Å². The summed E-state index contributed by atoms with van der Waals surface area (Å²) in [7, 11) is 0. The van der Waals surface area contributed by atoms with Gasteiger partial charge in [0.15, 0.2) is 0 Å². The Morgan fingerprint density at radius 1 is 0.968 bits per heavy atom. The van der Waals surface area contributed by atoms with E-state index < -0.39 is 11.8 Å². The third kappa shape index (κ3) is 5.00. The molecule has 0 saturated heterocycles. The molecular weight excluding hydrogens is 410 g/mol. The number of aryl methyl sites for hydroxylation is 1. The van der Waals surface area contributed by atoms with Gasteiger partial charge in [0.25, 0.3) is 5.91 Å². The number of carbonyl (C=O) groups excluding carboxylic acids is 3. The van der Waals surface area contributed by atoms with Gasteiger partial charge < -0.3 is 15.5 Å². The molecule has 1 aromatic heterocycles. The van der Waals surface area contributed by atoms with Crippen LogP contribution in [0.3, 0.4) is 0 Å². The average Bonchev–Trinajstić information content (AvgIpc) is 3.33. The lowest BCUT2D eigenvalue weighted by Gasteiger charge is -2.29. The highest BCUT2D eigenvalue weighted by Gasteiger charge is 2.24. The molecule has 7 heteroatoms. The Morgan fingerprint density at radius 3 is 2.58 bits per heavy atom. The van der Waals surface area contributed by atoms with E-state index in [2.05, 4.69) is 10.6 Å². The van der Waals surface area contributed by atoms with Crippen LogP contribution in [0.2, 0.25) is 0 Å². The van der Waals surface area contributed by atoms with Gasteiger partial charge in [-0.2, -0.15) is 0 Å². The first-order valence-corrected chi connectivity index (χ1v) is 11.1. The molecule has 0 bridgehead atoms. The molecule has 0 fully saturated rings. The van der Waals surface area contributed by atoms with Crippen LogP contribution in [0.4, 0.5) is 11.4 Å². The van der Waals surface area contributed by atoms with E-state index in [9.17, 15) is 14.4 Å². The second-order valence-electron chi connectivity index (χ2n) is 7.33. The number of hydrogen-bond donors (Lipinski definition) is 2. The minimum absolute atomic E-state index is 0.00877. The fourth-order valence-electron chi connectivity index (χ4n) is 3.65. The fourth-order valence-corrected chi connectivity index (χ4v) is 4.32. The van der Waals surface area contributed by atoms with Crippen LogP contribution in [0, 0.1) is 0 Å². The van der Waals surface area contributed by atoms with E-state index in [1.165, 1.54) is 11.3 Å². The Hall–Kier alpha value is -3.45. The molecule has 0 radical (unpaired) electrons. The molecule has 3 aromatic rings. The third-order valence-corrected chi connectivity index (χ3v) is 6.04. The standard InChI is InChI=1S/C24H23N3O3S/c28-22(25-13-12-17-6-2-1-3-7-17)23(29)26-19-10-11-20-18(16-19)8-4-14-27(20)24(30)21-9-5-15-31-21/h1-3,5-7,9-11,15-16H,4,8,12-14H2,(H,25,28)(H,26,29). The molecular formula is C24H23N3O3S. The minimum atomic E-state index is -0.699. The van der Waals surface area contributed by atoms with Gasteiger partial charge in [0.05, 0.1) is 4.88 Å². The number of benzene rings is 2. The first kappa shape index (κ1) is 20.8. The monoisotopic (exact) mass is 433 g/mol. The average molecular weight is 434 g/mol. The lowest BCUT2D eigenvalue weighted by Crippen LogP contribution is -2.37. The molecule has 0 aliphatic carbocycles. The predicted molar refractivity (Wildman–Crippen MR) is 123 cm³/mol. The van der Waals surface area contributed by atoms with E-state index in [1.807, 2.05) is 60.0 Å². The summed E-state index contributed by atoms with van der Waals surface area (Å²) >= 11 is 1.43. The van der Waals surface area contributed by atoms with Gasteiger partial charge in [0, 0.05) is 24.5 Å². The van der Waals surface area contributed by atoms with Crippen LogP contribution < -0.4 is 15.5 Å². The van der Waals surface area contributed by atoms with Crippen LogP contribution in [0.1, 0.15) is 27.2 Å². The van der Waals surface area contributed by atoms with Crippen molar-refractivity contribution in [1.29, 1.82) is 0 Å². The molecule has 31 heavy (non-hydrogen) atoms. The van der Waals surface area contributed by atoms with Crippen molar-refractivity contribution in [2.75, 3.05) is 23.3 Å². The lowest BCUT2D eigenvalue weighted by molar-refractivity contribution is -0.136. The van der Waals surface area contributed by atoms with Crippen molar-refractivity contribution in [3.63, 3.8) is 0 Å². The van der Waals surface area contributed by atoms with Crippen molar-refractivity contribution in [3.8, 4) is 0 Å². The molecule has 158 valence electrons. The van der Waals surface area contributed by atoms with Crippen molar-refractivity contribution in [2.45, 2.75) is 19.3 Å². The molecule has 2 heterocycles. The number of hydrogen-bond acceptors (Lipinski definition) is 4. The highest BCUT2D eigenvalue weighted by Crippen LogP contribution is 2.31. The van der Waals surface area contributed by atoms with Gasteiger partial charge in [-0.3, -0.25) is 14.4 Å². The third-order valence-electron chi connectivity index (χ3n) is 5.18. The second kappa shape index (κ2) is 9.57. The number of anilines is 2. The summed E-state index contributed by atoms with van der Waals surface area (Å²) < 4.78 is 0. The molecule has 2 N–H and O–H groups in total. The summed E-state index contributed by atoms with van der Waals surface area (Å²) in [6.07, 6.45) is 2.32. The van der Waals surface area contributed by atoms with Crippen LogP contribution in [0.25, 0.3) is 0 Å². The summed E-state index contributed by atoms with van der Waals surface area (Å²) in [5.74, 6) is -1.37. The van der Waals surface area contributed by atoms with Crippen LogP contribution in [-0.4, -0.2) is 30.8 Å². The van der Waals surface area contributed by atoms with Crippen LogP contribution in [0.15, 0.2) is 66.0 Å². The molecule has 0 saturated carbocycles.